The first-order chi connectivity index (χ1) is 17.5. The number of aryl methyl sites for hydroxylation is 2. The number of rotatable bonds is 3. The monoisotopic (exact) mass is 661 g/mol. The van der Waals surface area contributed by atoms with Crippen LogP contribution in [0.25, 0.3) is 44.5 Å². The largest absolute Gasteiger partial charge is 0.500 e. The van der Waals surface area contributed by atoms with E-state index in [1.165, 1.54) is 11.1 Å². The maximum absolute atomic E-state index is 6.10. The molecule has 0 saturated heterocycles. The van der Waals surface area contributed by atoms with E-state index in [9.17, 15) is 0 Å². The number of hydrogen-bond donors (Lipinski definition) is 0. The Hall–Kier alpha value is -3.59. The summed E-state index contributed by atoms with van der Waals surface area (Å²) in [4.78, 5) is 8.79. The first-order valence-corrected chi connectivity index (χ1v) is 12.2. The number of pyridine rings is 2. The van der Waals surface area contributed by atoms with Crippen molar-refractivity contribution in [3.8, 4) is 22.5 Å². The Labute approximate surface area is 232 Å². The van der Waals surface area contributed by atoms with Gasteiger partial charge >= 0.3 is 0 Å². The molecule has 0 atom stereocenters. The third-order valence-corrected chi connectivity index (χ3v) is 6.27. The van der Waals surface area contributed by atoms with Crippen LogP contribution >= 0.6 is 0 Å². The summed E-state index contributed by atoms with van der Waals surface area (Å²) in [5.74, 6) is 0.552. The van der Waals surface area contributed by atoms with E-state index in [4.69, 9.17) is 4.42 Å². The van der Waals surface area contributed by atoms with Gasteiger partial charge in [0.05, 0.1) is 5.58 Å². The SMILES string of the molecule is Cc1ccc(-c2[c-]cc(C(C)C)cc2)nc1.Cc1cccc2c1oc1c(-c3ccccn3)[c-]ccc12.[Ir]. The van der Waals surface area contributed by atoms with Crippen LogP contribution in [0.15, 0.2) is 95.7 Å². The summed E-state index contributed by atoms with van der Waals surface area (Å²) in [6.45, 7) is 8.48. The van der Waals surface area contributed by atoms with Gasteiger partial charge in [-0.05, 0) is 42.4 Å². The number of para-hydroxylation sites is 1. The molecule has 0 saturated carbocycles. The van der Waals surface area contributed by atoms with Gasteiger partial charge < -0.3 is 14.4 Å². The van der Waals surface area contributed by atoms with E-state index in [0.29, 0.717) is 5.92 Å². The minimum Gasteiger partial charge on any atom is -0.500 e. The van der Waals surface area contributed by atoms with Gasteiger partial charge in [-0.15, -0.1) is 53.6 Å². The number of hydrogen-bond acceptors (Lipinski definition) is 3. The Morgan fingerprint density at radius 1 is 0.757 bits per heavy atom. The molecule has 0 N–H and O–H groups in total. The molecule has 37 heavy (non-hydrogen) atoms. The number of fused-ring (bicyclic) bond motifs is 3. The molecule has 6 rings (SSSR count). The Balaban J connectivity index is 0.000000173. The predicted octanol–water partition coefficient (Wildman–Crippen LogP) is 8.73. The van der Waals surface area contributed by atoms with Gasteiger partial charge in [0.1, 0.15) is 5.58 Å². The minimum atomic E-state index is 0. The van der Waals surface area contributed by atoms with E-state index in [1.807, 2.05) is 49.5 Å². The summed E-state index contributed by atoms with van der Waals surface area (Å²) >= 11 is 0. The summed E-state index contributed by atoms with van der Waals surface area (Å²) in [5, 5.41) is 2.26. The molecule has 0 unspecified atom stereocenters. The smallest absolute Gasteiger partial charge is 0.123 e. The first-order valence-electron chi connectivity index (χ1n) is 12.2. The van der Waals surface area contributed by atoms with E-state index in [1.54, 1.807) is 6.20 Å². The van der Waals surface area contributed by atoms with E-state index in [2.05, 4.69) is 85.3 Å². The molecule has 0 fully saturated rings. The van der Waals surface area contributed by atoms with Gasteiger partial charge in [0.25, 0.3) is 0 Å². The molecule has 0 aliphatic heterocycles. The summed E-state index contributed by atoms with van der Waals surface area (Å²) in [6.07, 6.45) is 3.68. The summed E-state index contributed by atoms with van der Waals surface area (Å²) in [7, 11) is 0. The summed E-state index contributed by atoms with van der Waals surface area (Å²) < 4.78 is 6.10. The summed E-state index contributed by atoms with van der Waals surface area (Å²) in [5.41, 5.74) is 9.29. The fourth-order valence-electron chi connectivity index (χ4n) is 4.19. The topological polar surface area (TPSA) is 38.9 Å². The van der Waals surface area contributed by atoms with Gasteiger partial charge in [0.15, 0.2) is 0 Å². The minimum absolute atomic E-state index is 0. The van der Waals surface area contributed by atoms with Gasteiger partial charge in [-0.25, -0.2) is 0 Å². The molecular formula is C33H28IrN2O-2. The van der Waals surface area contributed by atoms with Crippen molar-refractivity contribution < 1.29 is 24.5 Å². The van der Waals surface area contributed by atoms with Crippen LogP contribution in [0.3, 0.4) is 0 Å². The predicted molar refractivity (Wildman–Crippen MR) is 148 cm³/mol. The van der Waals surface area contributed by atoms with Gasteiger partial charge in [0, 0.05) is 37.9 Å². The Morgan fingerprint density at radius 3 is 2.27 bits per heavy atom. The normalized spacial score (nSPS) is 10.7. The zero-order valence-electron chi connectivity index (χ0n) is 21.4. The van der Waals surface area contributed by atoms with E-state index in [0.717, 1.165) is 50.0 Å². The van der Waals surface area contributed by atoms with Crippen LogP contribution in [0.4, 0.5) is 0 Å². The average molecular weight is 661 g/mol. The molecule has 3 aromatic carbocycles. The third-order valence-electron chi connectivity index (χ3n) is 6.27. The van der Waals surface area contributed by atoms with Crippen LogP contribution in [-0.4, -0.2) is 9.97 Å². The third kappa shape index (κ3) is 5.72. The number of benzene rings is 3. The van der Waals surface area contributed by atoms with Crippen LogP contribution in [0.5, 0.6) is 0 Å². The number of aromatic nitrogens is 2. The quantitative estimate of drug-likeness (QED) is 0.178. The van der Waals surface area contributed by atoms with Crippen molar-refractivity contribution >= 4 is 21.9 Å². The number of nitrogens with zero attached hydrogens (tertiary/aromatic N) is 2. The molecule has 6 aromatic rings. The zero-order chi connectivity index (χ0) is 25.1. The molecule has 4 heteroatoms. The first kappa shape index (κ1) is 26.5. The van der Waals surface area contributed by atoms with Crippen LogP contribution in [0.2, 0.25) is 0 Å². The molecule has 187 valence electrons. The molecular weight excluding hydrogens is 633 g/mol. The Kier molecular flexibility index (Phi) is 8.33. The standard InChI is InChI=1S/C18H12NO.C15H16N.Ir/c1-12-6-4-7-13-14-8-5-9-15(18(14)20-17(12)13)16-10-2-3-11-19-16;1-11(2)13-5-7-14(8-6-13)15-9-4-12(3)10-16-15;/h2-8,10-11H,1H3;4-7,9-11H,1-3H3;/q2*-1;. The van der Waals surface area contributed by atoms with Crippen molar-refractivity contribution in [2.45, 2.75) is 33.6 Å². The molecule has 3 heterocycles. The molecule has 1 radical (unpaired) electrons. The van der Waals surface area contributed by atoms with Crippen LogP contribution in [0.1, 0.15) is 36.5 Å². The van der Waals surface area contributed by atoms with Gasteiger partial charge in [-0.2, -0.15) is 0 Å². The zero-order valence-corrected chi connectivity index (χ0v) is 23.8. The van der Waals surface area contributed by atoms with Crippen molar-refractivity contribution in [1.29, 1.82) is 0 Å². The Bertz CT molecular complexity index is 1600. The number of furan rings is 1. The fraction of sp³-hybridized carbons (Fsp3) is 0.152. The average Bonchev–Trinajstić information content (AvgIpc) is 3.30. The molecule has 0 bridgehead atoms. The van der Waals surface area contributed by atoms with E-state index >= 15 is 0 Å². The van der Waals surface area contributed by atoms with Gasteiger partial charge in [-0.1, -0.05) is 73.2 Å². The fourth-order valence-corrected chi connectivity index (χ4v) is 4.19. The molecule has 3 nitrogen and oxygen atoms in total. The van der Waals surface area contributed by atoms with Crippen LogP contribution in [-0.2, 0) is 20.1 Å². The van der Waals surface area contributed by atoms with Crippen LogP contribution in [0, 0.1) is 26.0 Å². The van der Waals surface area contributed by atoms with Crippen molar-refractivity contribution in [2.24, 2.45) is 0 Å². The van der Waals surface area contributed by atoms with Crippen molar-refractivity contribution in [1.82, 2.24) is 9.97 Å². The maximum Gasteiger partial charge on any atom is 0.123 e. The van der Waals surface area contributed by atoms with Crippen molar-refractivity contribution in [3.05, 3.63) is 120 Å². The second-order valence-corrected chi connectivity index (χ2v) is 9.28. The van der Waals surface area contributed by atoms with Crippen LogP contribution < -0.4 is 0 Å². The Morgan fingerprint density at radius 2 is 1.59 bits per heavy atom. The van der Waals surface area contributed by atoms with E-state index in [-0.39, 0.29) is 20.1 Å². The second kappa shape index (κ2) is 11.6. The van der Waals surface area contributed by atoms with Crippen molar-refractivity contribution in [3.63, 3.8) is 0 Å². The van der Waals surface area contributed by atoms with E-state index < -0.39 is 0 Å². The molecule has 0 amide bonds. The summed E-state index contributed by atoms with van der Waals surface area (Å²) in [6, 6.07) is 33.0. The molecule has 0 spiro atoms. The maximum atomic E-state index is 6.10. The second-order valence-electron chi connectivity index (χ2n) is 9.28. The molecule has 3 aromatic heterocycles. The molecule has 0 aliphatic rings. The molecule has 0 aliphatic carbocycles. The van der Waals surface area contributed by atoms with Gasteiger partial charge in [0.2, 0.25) is 0 Å². The van der Waals surface area contributed by atoms with Gasteiger partial charge in [-0.3, -0.25) is 0 Å². The van der Waals surface area contributed by atoms with Crippen molar-refractivity contribution in [2.75, 3.05) is 0 Å².